The van der Waals surface area contributed by atoms with E-state index in [2.05, 4.69) is 10.1 Å². The van der Waals surface area contributed by atoms with Crippen LogP contribution in [0, 0.1) is 5.92 Å². The van der Waals surface area contributed by atoms with Crippen molar-refractivity contribution in [2.75, 3.05) is 6.61 Å². The Kier molecular flexibility index (Phi) is 3.82. The average molecular weight is 225 g/mol. The smallest absolute Gasteiger partial charge is 0.422 e. The van der Waals surface area contributed by atoms with Gasteiger partial charge in [0.25, 0.3) is 0 Å². The van der Waals surface area contributed by atoms with Gasteiger partial charge in [-0.3, -0.25) is 0 Å². The predicted octanol–water partition coefficient (Wildman–Crippen LogP) is 2.46. The minimum atomic E-state index is -4.46. The molecule has 1 aliphatic carbocycles. The number of halogens is 3. The first-order valence-electron chi connectivity index (χ1n) is 4.88. The Labute approximate surface area is 86.0 Å². The number of rotatable bonds is 2. The van der Waals surface area contributed by atoms with E-state index in [1.54, 1.807) is 0 Å². The molecular formula is C9H14F3NO2. The monoisotopic (exact) mass is 225 g/mol. The van der Waals surface area contributed by atoms with Gasteiger partial charge in [-0.25, -0.2) is 4.79 Å². The molecule has 1 saturated carbocycles. The first-order valence-corrected chi connectivity index (χ1v) is 4.88. The van der Waals surface area contributed by atoms with Crippen LogP contribution in [-0.4, -0.2) is 24.9 Å². The standard InChI is InChI=1S/C9H14F3NO2/c1-6-3-2-4-7(6)13-8(14)15-5-9(10,11)12/h6-7H,2-5H2,1H3,(H,13,14). The molecule has 0 spiro atoms. The fourth-order valence-corrected chi connectivity index (χ4v) is 1.70. The molecule has 1 amide bonds. The molecule has 3 nitrogen and oxygen atoms in total. The Bertz CT molecular complexity index is 230. The molecule has 0 heterocycles. The van der Waals surface area contributed by atoms with Crippen LogP contribution in [0.5, 0.6) is 0 Å². The first-order chi connectivity index (χ1) is 6.88. The van der Waals surface area contributed by atoms with E-state index in [0.717, 1.165) is 19.3 Å². The number of alkyl carbamates (subject to hydrolysis) is 1. The average Bonchev–Trinajstić information content (AvgIpc) is 2.47. The minimum Gasteiger partial charge on any atom is -0.440 e. The van der Waals surface area contributed by atoms with Crippen molar-refractivity contribution in [3.05, 3.63) is 0 Å². The summed E-state index contributed by atoms with van der Waals surface area (Å²) < 4.78 is 39.1. The topological polar surface area (TPSA) is 38.3 Å². The first kappa shape index (κ1) is 12.1. The molecular weight excluding hydrogens is 211 g/mol. The molecule has 2 atom stereocenters. The number of amides is 1. The van der Waals surface area contributed by atoms with Gasteiger partial charge in [-0.15, -0.1) is 0 Å². The highest BCUT2D eigenvalue weighted by atomic mass is 19.4. The number of carbonyl (C=O) groups is 1. The van der Waals surface area contributed by atoms with E-state index in [1.165, 1.54) is 0 Å². The van der Waals surface area contributed by atoms with E-state index in [9.17, 15) is 18.0 Å². The molecule has 2 unspecified atom stereocenters. The third-order valence-electron chi connectivity index (χ3n) is 2.53. The second-order valence-electron chi connectivity index (χ2n) is 3.85. The summed E-state index contributed by atoms with van der Waals surface area (Å²) in [7, 11) is 0. The Balaban J connectivity index is 2.24. The largest absolute Gasteiger partial charge is 0.440 e. The van der Waals surface area contributed by atoms with Crippen LogP contribution in [0.3, 0.4) is 0 Å². The lowest BCUT2D eigenvalue weighted by molar-refractivity contribution is -0.160. The molecule has 0 aromatic carbocycles. The van der Waals surface area contributed by atoms with Crippen molar-refractivity contribution < 1.29 is 22.7 Å². The Morgan fingerprint density at radius 3 is 2.60 bits per heavy atom. The number of ether oxygens (including phenoxy) is 1. The van der Waals surface area contributed by atoms with Crippen LogP contribution in [0.15, 0.2) is 0 Å². The van der Waals surface area contributed by atoms with Gasteiger partial charge in [0.1, 0.15) is 0 Å². The Morgan fingerprint density at radius 1 is 1.47 bits per heavy atom. The lowest BCUT2D eigenvalue weighted by Gasteiger charge is -2.17. The summed E-state index contributed by atoms with van der Waals surface area (Å²) in [6, 6.07) is -0.0502. The minimum absolute atomic E-state index is 0.0502. The summed E-state index contributed by atoms with van der Waals surface area (Å²) >= 11 is 0. The second-order valence-corrected chi connectivity index (χ2v) is 3.85. The van der Waals surface area contributed by atoms with E-state index in [4.69, 9.17) is 0 Å². The fraction of sp³-hybridized carbons (Fsp3) is 0.889. The molecule has 0 aromatic heterocycles. The van der Waals surface area contributed by atoms with Gasteiger partial charge in [0.2, 0.25) is 0 Å². The normalized spacial score (nSPS) is 26.4. The van der Waals surface area contributed by atoms with Crippen LogP contribution in [0.2, 0.25) is 0 Å². The van der Waals surface area contributed by atoms with Crippen molar-refractivity contribution in [3.63, 3.8) is 0 Å². The molecule has 0 bridgehead atoms. The van der Waals surface area contributed by atoms with Gasteiger partial charge in [-0.05, 0) is 18.8 Å². The van der Waals surface area contributed by atoms with Gasteiger partial charge in [0.05, 0.1) is 0 Å². The maximum absolute atomic E-state index is 11.7. The third kappa shape index (κ3) is 4.40. The van der Waals surface area contributed by atoms with E-state index >= 15 is 0 Å². The molecule has 1 aliphatic rings. The van der Waals surface area contributed by atoms with Crippen LogP contribution < -0.4 is 5.32 Å². The van der Waals surface area contributed by atoms with Gasteiger partial charge in [0, 0.05) is 6.04 Å². The molecule has 15 heavy (non-hydrogen) atoms. The lowest BCUT2D eigenvalue weighted by atomic mass is 10.1. The van der Waals surface area contributed by atoms with E-state index in [-0.39, 0.29) is 6.04 Å². The molecule has 0 radical (unpaired) electrons. The van der Waals surface area contributed by atoms with Gasteiger partial charge in [0.15, 0.2) is 6.61 Å². The van der Waals surface area contributed by atoms with Crippen LogP contribution in [0.4, 0.5) is 18.0 Å². The summed E-state index contributed by atoms with van der Waals surface area (Å²) in [5.74, 6) is 0.309. The number of hydrogen-bond acceptors (Lipinski definition) is 2. The summed E-state index contributed by atoms with van der Waals surface area (Å²) in [5.41, 5.74) is 0. The molecule has 0 saturated heterocycles. The quantitative estimate of drug-likeness (QED) is 0.783. The van der Waals surface area contributed by atoms with Gasteiger partial charge < -0.3 is 10.1 Å². The summed E-state index contributed by atoms with van der Waals surface area (Å²) in [4.78, 5) is 11.0. The Hall–Kier alpha value is -0.940. The maximum atomic E-state index is 11.7. The van der Waals surface area contributed by atoms with Crippen molar-refractivity contribution in [2.24, 2.45) is 5.92 Å². The second kappa shape index (κ2) is 4.72. The molecule has 88 valence electrons. The highest BCUT2D eigenvalue weighted by molar-refractivity contribution is 5.67. The maximum Gasteiger partial charge on any atom is 0.422 e. The zero-order valence-corrected chi connectivity index (χ0v) is 8.43. The molecule has 0 aliphatic heterocycles. The fourth-order valence-electron chi connectivity index (χ4n) is 1.70. The summed E-state index contributed by atoms with van der Waals surface area (Å²) in [6.45, 7) is 0.432. The number of hydrogen-bond donors (Lipinski definition) is 1. The summed E-state index contributed by atoms with van der Waals surface area (Å²) in [5, 5.41) is 2.44. The SMILES string of the molecule is CC1CCCC1NC(=O)OCC(F)(F)F. The van der Waals surface area contributed by atoms with Crippen molar-refractivity contribution in [1.29, 1.82) is 0 Å². The van der Waals surface area contributed by atoms with Crippen LogP contribution >= 0.6 is 0 Å². The van der Waals surface area contributed by atoms with Crippen LogP contribution in [0.25, 0.3) is 0 Å². The number of alkyl halides is 3. The highest BCUT2D eigenvalue weighted by Gasteiger charge is 2.31. The zero-order valence-electron chi connectivity index (χ0n) is 8.43. The molecule has 6 heteroatoms. The molecule has 1 fully saturated rings. The van der Waals surface area contributed by atoms with E-state index < -0.39 is 18.9 Å². The van der Waals surface area contributed by atoms with Crippen LogP contribution in [0.1, 0.15) is 26.2 Å². The van der Waals surface area contributed by atoms with Crippen molar-refractivity contribution in [3.8, 4) is 0 Å². The van der Waals surface area contributed by atoms with Crippen LogP contribution in [-0.2, 0) is 4.74 Å². The summed E-state index contributed by atoms with van der Waals surface area (Å²) in [6.07, 6.45) is -2.65. The third-order valence-corrected chi connectivity index (χ3v) is 2.53. The van der Waals surface area contributed by atoms with Crippen molar-refractivity contribution in [2.45, 2.75) is 38.4 Å². The zero-order chi connectivity index (χ0) is 11.5. The molecule has 1 N–H and O–H groups in total. The van der Waals surface area contributed by atoms with Crippen molar-refractivity contribution >= 4 is 6.09 Å². The number of carbonyl (C=O) groups excluding carboxylic acids is 1. The molecule has 0 aromatic rings. The van der Waals surface area contributed by atoms with Crippen molar-refractivity contribution in [1.82, 2.24) is 5.32 Å². The van der Waals surface area contributed by atoms with Gasteiger partial charge >= 0.3 is 12.3 Å². The van der Waals surface area contributed by atoms with E-state index in [0.29, 0.717) is 5.92 Å². The highest BCUT2D eigenvalue weighted by Crippen LogP contribution is 2.24. The Morgan fingerprint density at radius 2 is 2.13 bits per heavy atom. The lowest BCUT2D eigenvalue weighted by Crippen LogP contribution is -2.38. The predicted molar refractivity (Wildman–Crippen MR) is 47.3 cm³/mol. The van der Waals surface area contributed by atoms with Gasteiger partial charge in [-0.2, -0.15) is 13.2 Å². The molecule has 1 rings (SSSR count). The van der Waals surface area contributed by atoms with E-state index in [1.807, 2.05) is 6.92 Å². The van der Waals surface area contributed by atoms with Gasteiger partial charge in [-0.1, -0.05) is 13.3 Å². The number of nitrogens with one attached hydrogen (secondary N) is 1.